The molecule has 2 N–H and O–H groups in total. The molecular formula is C17H15ClFNO3. The van der Waals surface area contributed by atoms with E-state index in [4.69, 9.17) is 11.6 Å². The lowest BCUT2D eigenvalue weighted by molar-refractivity contribution is -0.145. The number of carboxylic acid groups (broad SMARTS) is 1. The van der Waals surface area contributed by atoms with Gasteiger partial charge in [0.1, 0.15) is 5.82 Å². The Kier molecular flexibility index (Phi) is 5.01. The Morgan fingerprint density at radius 3 is 2.48 bits per heavy atom. The number of anilines is 1. The fraction of sp³-hybridized carbons (Fsp3) is 0.176. The van der Waals surface area contributed by atoms with Crippen molar-refractivity contribution in [3.05, 3.63) is 64.9 Å². The third-order valence-corrected chi connectivity index (χ3v) is 3.83. The van der Waals surface area contributed by atoms with Gasteiger partial charge in [0.25, 0.3) is 0 Å². The molecule has 23 heavy (non-hydrogen) atoms. The second-order valence-electron chi connectivity index (χ2n) is 5.35. The third kappa shape index (κ3) is 3.87. The van der Waals surface area contributed by atoms with Crippen molar-refractivity contribution in [2.75, 3.05) is 5.32 Å². The predicted octanol–water partition coefficient (Wildman–Crippen LogP) is 3.85. The number of carboxylic acids is 1. The number of hydrogen-bond donors (Lipinski definition) is 2. The van der Waals surface area contributed by atoms with Crippen molar-refractivity contribution in [2.45, 2.75) is 18.8 Å². The van der Waals surface area contributed by atoms with Gasteiger partial charge < -0.3 is 10.4 Å². The minimum Gasteiger partial charge on any atom is -0.481 e. The van der Waals surface area contributed by atoms with E-state index in [1.807, 2.05) is 0 Å². The number of rotatable bonds is 5. The van der Waals surface area contributed by atoms with Crippen LogP contribution in [0.3, 0.4) is 0 Å². The number of hydrogen-bond acceptors (Lipinski definition) is 2. The summed E-state index contributed by atoms with van der Waals surface area (Å²) in [5.41, 5.74) is -1.00. The van der Waals surface area contributed by atoms with Gasteiger partial charge in [0.05, 0.1) is 11.1 Å². The van der Waals surface area contributed by atoms with Gasteiger partial charge in [0, 0.05) is 11.4 Å². The van der Waals surface area contributed by atoms with E-state index in [1.54, 1.807) is 30.3 Å². The van der Waals surface area contributed by atoms with E-state index in [1.165, 1.54) is 19.1 Å². The van der Waals surface area contributed by atoms with Gasteiger partial charge in [-0.2, -0.15) is 0 Å². The first-order valence-electron chi connectivity index (χ1n) is 6.87. The van der Waals surface area contributed by atoms with Crippen LogP contribution in [0.1, 0.15) is 18.9 Å². The molecule has 0 unspecified atom stereocenters. The SMILES string of the molecule is C[C@](CC(=O)Nc1cc(Cl)ccc1F)(C(=O)O)c1ccccc1. The van der Waals surface area contributed by atoms with Gasteiger partial charge in [-0.1, -0.05) is 41.9 Å². The smallest absolute Gasteiger partial charge is 0.314 e. The summed E-state index contributed by atoms with van der Waals surface area (Å²) < 4.78 is 13.7. The summed E-state index contributed by atoms with van der Waals surface area (Å²) in [6.07, 6.45) is -0.335. The molecule has 6 heteroatoms. The van der Waals surface area contributed by atoms with Crippen LogP contribution in [-0.2, 0) is 15.0 Å². The first kappa shape index (κ1) is 17.0. The Morgan fingerprint density at radius 1 is 1.22 bits per heavy atom. The van der Waals surface area contributed by atoms with Crippen molar-refractivity contribution in [1.29, 1.82) is 0 Å². The van der Waals surface area contributed by atoms with Gasteiger partial charge in [0.15, 0.2) is 0 Å². The molecule has 120 valence electrons. The number of halogens is 2. The monoisotopic (exact) mass is 335 g/mol. The van der Waals surface area contributed by atoms with Crippen LogP contribution in [-0.4, -0.2) is 17.0 Å². The maximum atomic E-state index is 13.7. The molecule has 0 aliphatic carbocycles. The number of benzene rings is 2. The zero-order chi connectivity index (χ0) is 17.0. The zero-order valence-corrected chi connectivity index (χ0v) is 13.1. The maximum absolute atomic E-state index is 13.7. The largest absolute Gasteiger partial charge is 0.481 e. The van der Waals surface area contributed by atoms with E-state index in [0.29, 0.717) is 5.56 Å². The van der Waals surface area contributed by atoms with E-state index < -0.39 is 23.1 Å². The van der Waals surface area contributed by atoms with Crippen LogP contribution in [0.4, 0.5) is 10.1 Å². The van der Waals surface area contributed by atoms with Gasteiger partial charge in [0.2, 0.25) is 5.91 Å². The van der Waals surface area contributed by atoms with Crippen molar-refractivity contribution < 1.29 is 19.1 Å². The molecule has 0 spiro atoms. The van der Waals surface area contributed by atoms with Gasteiger partial charge in [-0.3, -0.25) is 9.59 Å². The van der Waals surface area contributed by atoms with Crippen LogP contribution in [0.25, 0.3) is 0 Å². The van der Waals surface area contributed by atoms with Crippen molar-refractivity contribution >= 4 is 29.2 Å². The molecule has 0 aromatic heterocycles. The van der Waals surface area contributed by atoms with Gasteiger partial charge in [-0.25, -0.2) is 4.39 Å². The summed E-state index contributed by atoms with van der Waals surface area (Å²) in [6, 6.07) is 12.2. The van der Waals surface area contributed by atoms with E-state index in [-0.39, 0.29) is 17.1 Å². The number of nitrogens with one attached hydrogen (secondary N) is 1. The molecule has 0 bridgehead atoms. The molecule has 2 aromatic carbocycles. The van der Waals surface area contributed by atoms with Crippen molar-refractivity contribution in [3.63, 3.8) is 0 Å². The Bertz CT molecular complexity index is 736. The minimum absolute atomic E-state index is 0.0803. The van der Waals surface area contributed by atoms with Crippen LogP contribution < -0.4 is 5.32 Å². The average Bonchev–Trinajstić information content (AvgIpc) is 2.51. The van der Waals surface area contributed by atoms with Crippen LogP contribution in [0.5, 0.6) is 0 Å². The van der Waals surface area contributed by atoms with Crippen LogP contribution in [0.2, 0.25) is 5.02 Å². The second kappa shape index (κ2) is 6.79. The lowest BCUT2D eigenvalue weighted by Gasteiger charge is -2.24. The summed E-state index contributed by atoms with van der Waals surface area (Å²) in [6.45, 7) is 1.46. The Labute approximate surface area is 137 Å². The van der Waals surface area contributed by atoms with E-state index in [0.717, 1.165) is 6.07 Å². The number of amides is 1. The summed E-state index contributed by atoms with van der Waals surface area (Å²) >= 11 is 5.77. The topological polar surface area (TPSA) is 66.4 Å². The molecule has 0 saturated heterocycles. The van der Waals surface area contributed by atoms with E-state index in [2.05, 4.69) is 5.32 Å². The van der Waals surface area contributed by atoms with Gasteiger partial charge in [-0.15, -0.1) is 0 Å². The van der Waals surface area contributed by atoms with Crippen LogP contribution in [0.15, 0.2) is 48.5 Å². The first-order valence-corrected chi connectivity index (χ1v) is 7.24. The quantitative estimate of drug-likeness (QED) is 0.872. The molecule has 0 radical (unpaired) electrons. The Hall–Kier alpha value is -2.40. The minimum atomic E-state index is -1.42. The fourth-order valence-corrected chi connectivity index (χ4v) is 2.39. The molecule has 2 aromatic rings. The summed E-state index contributed by atoms with van der Waals surface area (Å²) in [7, 11) is 0. The third-order valence-electron chi connectivity index (χ3n) is 3.60. The van der Waals surface area contributed by atoms with E-state index >= 15 is 0 Å². The standard InChI is InChI=1S/C17H15ClFNO3/c1-17(16(22)23,11-5-3-2-4-6-11)10-15(21)20-14-9-12(18)7-8-13(14)19/h2-9H,10H2,1H3,(H,20,21)(H,22,23)/t17-/m1/s1. The summed E-state index contributed by atoms with van der Waals surface area (Å²) in [5, 5.41) is 12.2. The van der Waals surface area contributed by atoms with Crippen LogP contribution in [0, 0.1) is 5.82 Å². The maximum Gasteiger partial charge on any atom is 0.314 e. The predicted molar refractivity (Wildman–Crippen MR) is 86.1 cm³/mol. The molecule has 0 aliphatic heterocycles. The molecule has 0 heterocycles. The molecule has 0 aliphatic rings. The molecule has 0 fully saturated rings. The van der Waals surface area contributed by atoms with E-state index in [9.17, 15) is 19.1 Å². The molecule has 0 saturated carbocycles. The molecule has 4 nitrogen and oxygen atoms in total. The highest BCUT2D eigenvalue weighted by Crippen LogP contribution is 2.29. The number of carbonyl (C=O) groups is 2. The molecule has 1 amide bonds. The second-order valence-corrected chi connectivity index (χ2v) is 5.79. The zero-order valence-electron chi connectivity index (χ0n) is 12.3. The lowest BCUT2D eigenvalue weighted by Crippen LogP contribution is -2.36. The molecule has 2 rings (SSSR count). The molecular weight excluding hydrogens is 321 g/mol. The fourth-order valence-electron chi connectivity index (χ4n) is 2.22. The van der Waals surface area contributed by atoms with Gasteiger partial charge in [-0.05, 0) is 30.7 Å². The lowest BCUT2D eigenvalue weighted by atomic mass is 9.79. The van der Waals surface area contributed by atoms with Crippen LogP contribution >= 0.6 is 11.6 Å². The highest BCUT2D eigenvalue weighted by Gasteiger charge is 2.37. The summed E-state index contributed by atoms with van der Waals surface area (Å²) in [5.74, 6) is -2.38. The number of aliphatic carboxylic acids is 1. The molecule has 1 atom stereocenters. The summed E-state index contributed by atoms with van der Waals surface area (Å²) in [4.78, 5) is 23.8. The Morgan fingerprint density at radius 2 is 1.87 bits per heavy atom. The highest BCUT2D eigenvalue weighted by atomic mass is 35.5. The van der Waals surface area contributed by atoms with Crippen molar-refractivity contribution in [2.24, 2.45) is 0 Å². The highest BCUT2D eigenvalue weighted by molar-refractivity contribution is 6.30. The van der Waals surface area contributed by atoms with Crippen molar-refractivity contribution in [3.8, 4) is 0 Å². The first-order chi connectivity index (χ1) is 10.8. The van der Waals surface area contributed by atoms with Crippen molar-refractivity contribution in [1.82, 2.24) is 0 Å². The average molecular weight is 336 g/mol. The van der Waals surface area contributed by atoms with Gasteiger partial charge >= 0.3 is 5.97 Å². The Balaban J connectivity index is 2.22. The normalized spacial score (nSPS) is 13.2. The number of carbonyl (C=O) groups excluding carboxylic acids is 1.